The third-order valence-electron chi connectivity index (χ3n) is 3.23. The van der Waals surface area contributed by atoms with Crippen molar-refractivity contribution in [2.75, 3.05) is 18.8 Å². The summed E-state index contributed by atoms with van der Waals surface area (Å²) in [6.45, 7) is 1.50. The number of sulfonamides is 1. The van der Waals surface area contributed by atoms with Gasteiger partial charge in [0.05, 0.1) is 4.90 Å². The third-order valence-corrected chi connectivity index (χ3v) is 4.61. The van der Waals surface area contributed by atoms with E-state index in [0.29, 0.717) is 11.3 Å². The summed E-state index contributed by atoms with van der Waals surface area (Å²) in [5, 5.41) is 0. The molecule has 2 rings (SSSR count). The van der Waals surface area contributed by atoms with Crippen LogP contribution in [0.4, 0.5) is 10.1 Å². The molecule has 0 radical (unpaired) electrons. The van der Waals surface area contributed by atoms with E-state index in [9.17, 15) is 17.6 Å². The number of hydrogen-bond donors (Lipinski definition) is 1. The van der Waals surface area contributed by atoms with E-state index in [4.69, 9.17) is 0 Å². The molecule has 1 amide bonds. The molecule has 0 aliphatic heterocycles. The van der Waals surface area contributed by atoms with E-state index < -0.39 is 15.8 Å². The Kier molecular flexibility index (Phi) is 4.70. The molecule has 0 atom stereocenters. The van der Waals surface area contributed by atoms with Crippen molar-refractivity contribution in [1.82, 2.24) is 4.90 Å². The Balaban J connectivity index is 2.23. The number of nitrogens with one attached hydrogen (secondary N) is 1. The summed E-state index contributed by atoms with van der Waals surface area (Å²) in [4.78, 5) is 13.2. The number of anilines is 1. The predicted molar refractivity (Wildman–Crippen MR) is 86.4 cm³/mol. The van der Waals surface area contributed by atoms with Gasteiger partial charge in [-0.2, -0.15) is 0 Å². The van der Waals surface area contributed by atoms with E-state index in [1.807, 2.05) is 0 Å². The van der Waals surface area contributed by atoms with E-state index in [-0.39, 0.29) is 16.4 Å². The summed E-state index contributed by atoms with van der Waals surface area (Å²) in [6, 6.07) is 9.67. The molecular weight excluding hydrogens is 319 g/mol. The lowest BCUT2D eigenvalue weighted by Crippen LogP contribution is -2.21. The Hall–Kier alpha value is -2.41. The van der Waals surface area contributed by atoms with Gasteiger partial charge in [-0.1, -0.05) is 0 Å². The van der Waals surface area contributed by atoms with Crippen LogP contribution in [0, 0.1) is 12.7 Å². The van der Waals surface area contributed by atoms with Crippen LogP contribution in [0.1, 0.15) is 15.9 Å². The lowest BCUT2D eigenvalue weighted by atomic mass is 10.2. The number of rotatable bonds is 4. The van der Waals surface area contributed by atoms with Gasteiger partial charge in [0.15, 0.2) is 0 Å². The number of amides is 1. The molecule has 0 aliphatic carbocycles. The van der Waals surface area contributed by atoms with E-state index in [2.05, 4.69) is 4.72 Å². The fraction of sp³-hybridized carbons (Fsp3) is 0.188. The number of nitrogens with zero attached hydrogens (tertiary/aromatic N) is 1. The number of carbonyl (C=O) groups is 1. The molecule has 0 aliphatic rings. The number of aryl methyl sites for hydroxylation is 1. The van der Waals surface area contributed by atoms with E-state index in [1.165, 1.54) is 48.2 Å². The summed E-state index contributed by atoms with van der Waals surface area (Å²) in [6.07, 6.45) is 0. The average Bonchev–Trinajstić information content (AvgIpc) is 2.49. The highest BCUT2D eigenvalue weighted by molar-refractivity contribution is 7.92. The number of halogens is 1. The van der Waals surface area contributed by atoms with Gasteiger partial charge >= 0.3 is 0 Å². The summed E-state index contributed by atoms with van der Waals surface area (Å²) in [7, 11) is -0.545. The Bertz CT molecular complexity index is 831. The molecular formula is C16H17FN2O3S. The van der Waals surface area contributed by atoms with Crippen molar-refractivity contribution < 1.29 is 17.6 Å². The van der Waals surface area contributed by atoms with Crippen molar-refractivity contribution in [1.29, 1.82) is 0 Å². The van der Waals surface area contributed by atoms with Crippen LogP contribution in [0.3, 0.4) is 0 Å². The molecule has 2 aromatic carbocycles. The quantitative estimate of drug-likeness (QED) is 0.933. The number of carbonyl (C=O) groups excluding carboxylic acids is 1. The van der Waals surface area contributed by atoms with Crippen LogP contribution in [-0.2, 0) is 10.0 Å². The second-order valence-electron chi connectivity index (χ2n) is 5.29. The first-order chi connectivity index (χ1) is 10.7. The van der Waals surface area contributed by atoms with Crippen molar-refractivity contribution in [3.05, 3.63) is 59.4 Å². The molecule has 1 N–H and O–H groups in total. The highest BCUT2D eigenvalue weighted by atomic mass is 32.2. The fourth-order valence-electron chi connectivity index (χ4n) is 1.94. The number of hydrogen-bond acceptors (Lipinski definition) is 3. The van der Waals surface area contributed by atoms with Crippen LogP contribution >= 0.6 is 0 Å². The summed E-state index contributed by atoms with van der Waals surface area (Å²) < 4.78 is 40.2. The largest absolute Gasteiger partial charge is 0.345 e. The Morgan fingerprint density at radius 2 is 1.70 bits per heavy atom. The fourth-order valence-corrected chi connectivity index (χ4v) is 3.08. The van der Waals surface area contributed by atoms with Gasteiger partial charge in [0, 0.05) is 25.3 Å². The van der Waals surface area contributed by atoms with Gasteiger partial charge < -0.3 is 4.90 Å². The first-order valence-electron chi connectivity index (χ1n) is 6.81. The molecule has 0 spiro atoms. The molecule has 2 aromatic rings. The third kappa shape index (κ3) is 3.87. The van der Waals surface area contributed by atoms with Crippen LogP contribution < -0.4 is 4.72 Å². The van der Waals surface area contributed by atoms with Crippen molar-refractivity contribution in [3.8, 4) is 0 Å². The molecule has 0 bridgehead atoms. The zero-order valence-electron chi connectivity index (χ0n) is 13.0. The maximum absolute atomic E-state index is 13.2. The van der Waals surface area contributed by atoms with Gasteiger partial charge in [0.2, 0.25) is 0 Å². The standard InChI is InChI=1S/C16H17FN2O3S/c1-11-10-14(8-9-15(11)17)23(21,22)18-13-6-4-12(5-7-13)16(20)19(2)3/h4-10,18H,1-3H3. The number of benzene rings is 2. The van der Waals surface area contributed by atoms with Crippen molar-refractivity contribution in [2.45, 2.75) is 11.8 Å². The summed E-state index contributed by atoms with van der Waals surface area (Å²) >= 11 is 0. The van der Waals surface area contributed by atoms with Crippen LogP contribution in [-0.4, -0.2) is 33.3 Å². The van der Waals surface area contributed by atoms with E-state index in [0.717, 1.165) is 6.07 Å². The smallest absolute Gasteiger partial charge is 0.261 e. The molecule has 0 aromatic heterocycles. The van der Waals surface area contributed by atoms with E-state index in [1.54, 1.807) is 14.1 Å². The Morgan fingerprint density at radius 3 is 2.22 bits per heavy atom. The molecule has 122 valence electrons. The highest BCUT2D eigenvalue weighted by Crippen LogP contribution is 2.19. The molecule has 0 unspecified atom stereocenters. The van der Waals surface area contributed by atoms with Crippen molar-refractivity contribution in [3.63, 3.8) is 0 Å². The van der Waals surface area contributed by atoms with Gasteiger partial charge in [0.25, 0.3) is 15.9 Å². The first-order valence-corrected chi connectivity index (χ1v) is 8.30. The van der Waals surface area contributed by atoms with Crippen LogP contribution in [0.15, 0.2) is 47.4 Å². The molecule has 0 heterocycles. The average molecular weight is 336 g/mol. The highest BCUT2D eigenvalue weighted by Gasteiger charge is 2.16. The van der Waals surface area contributed by atoms with Gasteiger partial charge in [-0.05, 0) is 55.0 Å². The minimum Gasteiger partial charge on any atom is -0.345 e. The molecule has 0 fully saturated rings. The lowest BCUT2D eigenvalue weighted by Gasteiger charge is -2.12. The normalized spacial score (nSPS) is 11.1. The van der Waals surface area contributed by atoms with Gasteiger partial charge in [-0.15, -0.1) is 0 Å². The predicted octanol–water partition coefficient (Wildman–Crippen LogP) is 2.64. The monoisotopic (exact) mass is 336 g/mol. The molecule has 0 saturated heterocycles. The summed E-state index contributed by atoms with van der Waals surface area (Å²) in [5.41, 5.74) is 1.03. The Labute approximate surface area is 134 Å². The first kappa shape index (κ1) is 17.0. The van der Waals surface area contributed by atoms with Crippen molar-refractivity contribution >= 4 is 21.6 Å². The van der Waals surface area contributed by atoms with Crippen LogP contribution in [0.2, 0.25) is 0 Å². The van der Waals surface area contributed by atoms with Crippen molar-refractivity contribution in [2.24, 2.45) is 0 Å². The Morgan fingerprint density at radius 1 is 1.09 bits per heavy atom. The lowest BCUT2D eigenvalue weighted by molar-refractivity contribution is 0.0827. The maximum atomic E-state index is 13.2. The second kappa shape index (κ2) is 6.37. The molecule has 5 nitrogen and oxygen atoms in total. The van der Waals surface area contributed by atoms with Crippen LogP contribution in [0.25, 0.3) is 0 Å². The van der Waals surface area contributed by atoms with Gasteiger partial charge in [0.1, 0.15) is 5.82 Å². The van der Waals surface area contributed by atoms with E-state index >= 15 is 0 Å². The molecule has 23 heavy (non-hydrogen) atoms. The topological polar surface area (TPSA) is 66.5 Å². The summed E-state index contributed by atoms with van der Waals surface area (Å²) in [5.74, 6) is -0.635. The minimum absolute atomic E-state index is 0.0233. The SMILES string of the molecule is Cc1cc(S(=O)(=O)Nc2ccc(C(=O)N(C)C)cc2)ccc1F. The zero-order chi connectivity index (χ0) is 17.2. The van der Waals surface area contributed by atoms with Gasteiger partial charge in [-0.3, -0.25) is 9.52 Å². The van der Waals surface area contributed by atoms with Gasteiger partial charge in [-0.25, -0.2) is 12.8 Å². The molecule has 7 heteroatoms. The second-order valence-corrected chi connectivity index (χ2v) is 6.98. The minimum atomic E-state index is -3.81. The van der Waals surface area contributed by atoms with Crippen LogP contribution in [0.5, 0.6) is 0 Å². The zero-order valence-corrected chi connectivity index (χ0v) is 13.8. The molecule has 0 saturated carbocycles. The maximum Gasteiger partial charge on any atom is 0.261 e.